The summed E-state index contributed by atoms with van der Waals surface area (Å²) in [6.07, 6.45) is 1.49. The molecule has 5 N–H and O–H groups in total. The first-order valence-electron chi connectivity index (χ1n) is 9.10. The summed E-state index contributed by atoms with van der Waals surface area (Å²) in [6, 6.07) is 11.4. The molecule has 0 aliphatic heterocycles. The third kappa shape index (κ3) is 3.07. The number of amides is 1. The summed E-state index contributed by atoms with van der Waals surface area (Å²) < 4.78 is 6.47. The van der Waals surface area contributed by atoms with E-state index in [0.29, 0.717) is 26.7 Å². The predicted molar refractivity (Wildman–Crippen MR) is 123 cm³/mol. The highest BCUT2D eigenvalue weighted by atomic mass is 32.1. The average molecular weight is 447 g/mol. The first-order valence-corrected chi connectivity index (χ1v) is 10.7. The summed E-state index contributed by atoms with van der Waals surface area (Å²) in [5, 5.41) is 13.4. The minimum Gasteiger partial charge on any atom is -0.464 e. The maximum atomic E-state index is 13.0. The van der Waals surface area contributed by atoms with Crippen molar-refractivity contribution in [2.24, 2.45) is 0 Å². The molecule has 0 atom stereocenters. The van der Waals surface area contributed by atoms with E-state index in [9.17, 15) is 10.1 Å². The van der Waals surface area contributed by atoms with E-state index in [1.165, 1.54) is 17.6 Å². The van der Waals surface area contributed by atoms with Crippen molar-refractivity contribution in [2.75, 3.05) is 16.8 Å². The summed E-state index contributed by atoms with van der Waals surface area (Å²) >= 11 is 2.49. The molecule has 0 spiro atoms. The quantitative estimate of drug-likeness (QED) is 0.362. The summed E-state index contributed by atoms with van der Waals surface area (Å²) in [5.41, 5.74) is 15.1. The molecule has 0 fully saturated rings. The number of nitriles is 1. The van der Waals surface area contributed by atoms with E-state index >= 15 is 0 Å². The fraction of sp³-hybridized carbons (Fsp3) is 0.0476. The molecule has 0 bridgehead atoms. The van der Waals surface area contributed by atoms with Crippen molar-refractivity contribution in [3.63, 3.8) is 0 Å². The number of nitrogens with zero attached hydrogens (tertiary/aromatic N) is 3. The zero-order valence-electron chi connectivity index (χ0n) is 16.1. The number of nitrogen functional groups attached to an aromatic ring is 2. The third-order valence-electron chi connectivity index (χ3n) is 4.75. The number of aromatic nitrogens is 2. The highest BCUT2D eigenvalue weighted by molar-refractivity contribution is 7.23. The molecule has 5 aromatic rings. The molecule has 0 aliphatic rings. The van der Waals surface area contributed by atoms with Crippen LogP contribution in [-0.4, -0.2) is 15.9 Å². The number of hydrogen-bond acceptors (Lipinski definition) is 9. The molecule has 0 saturated heterocycles. The van der Waals surface area contributed by atoms with E-state index in [2.05, 4.69) is 21.4 Å². The predicted octanol–water partition coefficient (Wildman–Crippen LogP) is 4.76. The Morgan fingerprint density at radius 3 is 2.81 bits per heavy atom. The highest BCUT2D eigenvalue weighted by Gasteiger charge is 2.25. The Morgan fingerprint density at radius 1 is 1.23 bits per heavy atom. The molecule has 5 rings (SSSR count). The number of carbonyl (C=O) groups excluding carboxylic acids is 1. The molecule has 0 unspecified atom stereocenters. The van der Waals surface area contributed by atoms with Crippen LogP contribution in [0.4, 0.5) is 16.6 Å². The lowest BCUT2D eigenvalue weighted by Crippen LogP contribution is -2.11. The topological polar surface area (TPSA) is 144 Å². The van der Waals surface area contributed by atoms with Gasteiger partial charge in [0, 0.05) is 5.39 Å². The molecule has 8 nitrogen and oxygen atoms in total. The highest BCUT2D eigenvalue weighted by Crippen LogP contribution is 2.43. The molecular formula is C21H14N6O2S2. The molecule has 0 aliphatic carbocycles. The Hall–Kier alpha value is -3.94. The van der Waals surface area contributed by atoms with Crippen LogP contribution in [0, 0.1) is 18.3 Å². The number of nitrogens with one attached hydrogen (secondary N) is 1. The van der Waals surface area contributed by atoms with Crippen molar-refractivity contribution >= 4 is 65.7 Å². The zero-order valence-corrected chi connectivity index (χ0v) is 17.7. The van der Waals surface area contributed by atoms with E-state index in [0.717, 1.165) is 27.1 Å². The number of pyridine rings is 1. The minimum absolute atomic E-state index is 0.0520. The van der Waals surface area contributed by atoms with Gasteiger partial charge in [0.25, 0.3) is 5.91 Å². The molecule has 0 saturated carbocycles. The van der Waals surface area contributed by atoms with Crippen molar-refractivity contribution < 1.29 is 9.21 Å². The average Bonchev–Trinajstić information content (AvgIpc) is 3.46. The van der Waals surface area contributed by atoms with Gasteiger partial charge in [-0.05, 0) is 36.8 Å². The molecule has 31 heavy (non-hydrogen) atoms. The monoisotopic (exact) mass is 446 g/mol. The zero-order chi connectivity index (χ0) is 21.7. The van der Waals surface area contributed by atoms with E-state index in [1.807, 2.05) is 25.1 Å². The largest absolute Gasteiger partial charge is 0.464 e. The fourth-order valence-corrected chi connectivity index (χ4v) is 5.32. The van der Waals surface area contributed by atoms with Crippen molar-refractivity contribution in [1.82, 2.24) is 9.97 Å². The second-order valence-electron chi connectivity index (χ2n) is 6.81. The van der Waals surface area contributed by atoms with Crippen LogP contribution in [0.15, 0.2) is 41.0 Å². The van der Waals surface area contributed by atoms with Gasteiger partial charge in [0.05, 0.1) is 27.7 Å². The number of aryl methyl sites for hydroxylation is 1. The number of fused-ring (bicyclic) bond motifs is 2. The molecule has 4 aromatic heterocycles. The van der Waals surface area contributed by atoms with E-state index in [-0.39, 0.29) is 21.9 Å². The van der Waals surface area contributed by atoms with E-state index < -0.39 is 5.91 Å². The number of rotatable bonds is 3. The van der Waals surface area contributed by atoms with Crippen LogP contribution in [-0.2, 0) is 0 Å². The van der Waals surface area contributed by atoms with Crippen molar-refractivity contribution in [3.8, 4) is 17.4 Å². The van der Waals surface area contributed by atoms with Crippen molar-refractivity contribution in [3.05, 3.63) is 52.6 Å². The second kappa shape index (κ2) is 7.09. The first-order chi connectivity index (χ1) is 15.0. The third-order valence-corrected chi connectivity index (χ3v) is 6.79. The second-order valence-corrected chi connectivity index (χ2v) is 8.84. The standard InChI is InChI=1S/C21H14N6O2S2/c1-9-4-5-11-13(7-9)30-21(25-11)27-19(28)17-16(23)15-14(12-3-2-6-29-12)10(8-22)18(24)26-20(15)31-17/h2-7H,23H2,1H3,(H2,24,26)(H,25,27,28). The van der Waals surface area contributed by atoms with Crippen molar-refractivity contribution in [1.29, 1.82) is 5.26 Å². The van der Waals surface area contributed by atoms with Crippen LogP contribution in [0.2, 0.25) is 0 Å². The van der Waals surface area contributed by atoms with Crippen LogP contribution < -0.4 is 16.8 Å². The number of anilines is 3. The molecule has 0 radical (unpaired) electrons. The number of hydrogen-bond donors (Lipinski definition) is 3. The van der Waals surface area contributed by atoms with Gasteiger partial charge < -0.3 is 15.9 Å². The maximum Gasteiger partial charge on any atom is 0.269 e. The van der Waals surface area contributed by atoms with Crippen molar-refractivity contribution in [2.45, 2.75) is 6.92 Å². The summed E-state index contributed by atoms with van der Waals surface area (Å²) in [5.74, 6) is 0.0727. The van der Waals surface area contributed by atoms with Gasteiger partial charge in [-0.2, -0.15) is 5.26 Å². The number of thiophene rings is 1. The van der Waals surface area contributed by atoms with E-state index in [4.69, 9.17) is 15.9 Å². The van der Waals surface area contributed by atoms with Gasteiger partial charge in [-0.15, -0.1) is 11.3 Å². The SMILES string of the molecule is Cc1ccc2nc(NC(=O)c3sc4nc(N)c(C#N)c(-c5ccco5)c4c3N)sc2c1. The molecule has 152 valence electrons. The van der Waals surface area contributed by atoms with Gasteiger partial charge in [0.1, 0.15) is 32.9 Å². The lowest BCUT2D eigenvalue weighted by molar-refractivity contribution is 0.103. The Morgan fingerprint density at radius 2 is 2.06 bits per heavy atom. The molecule has 1 amide bonds. The van der Waals surface area contributed by atoms with Gasteiger partial charge in [-0.3, -0.25) is 10.1 Å². The number of thiazole rings is 1. The number of benzene rings is 1. The molecule has 10 heteroatoms. The Balaban J connectivity index is 1.62. The lowest BCUT2D eigenvalue weighted by atomic mass is 10.0. The number of carbonyl (C=O) groups is 1. The van der Waals surface area contributed by atoms with Gasteiger partial charge in [-0.25, -0.2) is 9.97 Å². The Kier molecular flexibility index (Phi) is 4.35. The normalized spacial score (nSPS) is 11.1. The number of nitrogens with two attached hydrogens (primary N) is 2. The van der Waals surface area contributed by atoms with Crippen LogP contribution in [0.5, 0.6) is 0 Å². The Bertz CT molecular complexity index is 1530. The summed E-state index contributed by atoms with van der Waals surface area (Å²) in [6.45, 7) is 2.00. The van der Waals surface area contributed by atoms with Gasteiger partial charge >= 0.3 is 0 Å². The molecule has 4 heterocycles. The van der Waals surface area contributed by atoms with Crippen LogP contribution in [0.1, 0.15) is 20.8 Å². The van der Waals surface area contributed by atoms with Crippen LogP contribution in [0.3, 0.4) is 0 Å². The number of furan rings is 1. The maximum absolute atomic E-state index is 13.0. The van der Waals surface area contributed by atoms with Gasteiger partial charge in [0.15, 0.2) is 5.13 Å². The van der Waals surface area contributed by atoms with E-state index in [1.54, 1.807) is 12.1 Å². The summed E-state index contributed by atoms with van der Waals surface area (Å²) in [4.78, 5) is 22.5. The first kappa shape index (κ1) is 19.0. The smallest absolute Gasteiger partial charge is 0.269 e. The lowest BCUT2D eigenvalue weighted by Gasteiger charge is -2.06. The van der Waals surface area contributed by atoms with Gasteiger partial charge in [0.2, 0.25) is 0 Å². The fourth-order valence-electron chi connectivity index (χ4n) is 3.36. The van der Waals surface area contributed by atoms with Crippen LogP contribution >= 0.6 is 22.7 Å². The summed E-state index contributed by atoms with van der Waals surface area (Å²) in [7, 11) is 0. The molecule has 1 aromatic carbocycles. The molecular weight excluding hydrogens is 432 g/mol. The minimum atomic E-state index is -0.404. The Labute approximate surface area is 183 Å². The van der Waals surface area contributed by atoms with Crippen LogP contribution in [0.25, 0.3) is 31.8 Å². The van der Waals surface area contributed by atoms with Gasteiger partial charge in [-0.1, -0.05) is 17.4 Å².